The topological polar surface area (TPSA) is 30.9 Å². The van der Waals surface area contributed by atoms with Crippen LogP contribution in [0.4, 0.5) is 0 Å². The van der Waals surface area contributed by atoms with E-state index in [-0.39, 0.29) is 0 Å². The maximum atomic E-state index is 5.66. The molecule has 1 unspecified atom stereocenters. The highest BCUT2D eigenvalue weighted by Gasteiger charge is 2.19. The first kappa shape index (κ1) is 11.5. The number of nitrogens with zero attached hydrogens (tertiary/aromatic N) is 1. The second kappa shape index (κ2) is 4.99. The number of fused-ring (bicyclic) bond motifs is 1. The zero-order chi connectivity index (χ0) is 12.4. The van der Waals surface area contributed by atoms with Gasteiger partial charge in [-0.25, -0.2) is 0 Å². The van der Waals surface area contributed by atoms with Crippen LogP contribution >= 0.6 is 0 Å². The Hall–Kier alpha value is -1.54. The van der Waals surface area contributed by atoms with Crippen LogP contribution in [-0.2, 0) is 19.5 Å². The molecule has 1 atom stereocenters. The minimum atomic E-state index is 0.633. The van der Waals surface area contributed by atoms with E-state index in [1.807, 2.05) is 0 Å². The molecule has 0 radical (unpaired) electrons. The number of nitrogens with two attached hydrogens (primary N) is 1. The number of hydrogen-bond acceptors (Lipinski definition) is 1. The lowest BCUT2D eigenvalue weighted by Gasteiger charge is -2.25. The third kappa shape index (κ3) is 2.21. The monoisotopic (exact) mass is 240 g/mol. The minimum Gasteiger partial charge on any atom is -0.353 e. The molecule has 1 aromatic heterocycles. The van der Waals surface area contributed by atoms with Gasteiger partial charge < -0.3 is 10.3 Å². The Balaban J connectivity index is 1.81. The largest absolute Gasteiger partial charge is 0.353 e. The Kier molecular flexibility index (Phi) is 3.20. The molecule has 1 aromatic carbocycles. The van der Waals surface area contributed by atoms with E-state index in [0.29, 0.717) is 12.5 Å². The Bertz CT molecular complexity index is 527. The molecular formula is C16H20N2. The molecule has 2 N–H and O–H groups in total. The van der Waals surface area contributed by atoms with Gasteiger partial charge in [0.25, 0.3) is 0 Å². The van der Waals surface area contributed by atoms with Crippen molar-refractivity contribution in [2.75, 3.05) is 0 Å². The molecule has 0 bridgehead atoms. The van der Waals surface area contributed by atoms with Crippen molar-refractivity contribution in [3.63, 3.8) is 0 Å². The molecule has 0 amide bonds. The maximum absolute atomic E-state index is 5.66. The highest BCUT2D eigenvalue weighted by Crippen LogP contribution is 2.32. The molecule has 3 rings (SSSR count). The quantitative estimate of drug-likeness (QED) is 0.878. The first-order valence-electron chi connectivity index (χ1n) is 6.79. The number of aromatic nitrogens is 1. The average molecular weight is 240 g/mol. The molecule has 1 aliphatic rings. The normalized spacial score (nSPS) is 18.6. The van der Waals surface area contributed by atoms with Crippen LogP contribution in [-0.4, -0.2) is 4.57 Å². The van der Waals surface area contributed by atoms with Gasteiger partial charge in [-0.2, -0.15) is 0 Å². The molecule has 2 heteroatoms. The van der Waals surface area contributed by atoms with E-state index < -0.39 is 0 Å². The fourth-order valence-electron chi connectivity index (χ4n) is 3.02. The van der Waals surface area contributed by atoms with Gasteiger partial charge in [-0.3, -0.25) is 0 Å². The third-order valence-corrected chi connectivity index (χ3v) is 3.97. The molecule has 0 saturated carbocycles. The summed E-state index contributed by atoms with van der Waals surface area (Å²) in [7, 11) is 0. The van der Waals surface area contributed by atoms with Gasteiger partial charge in [0.05, 0.1) is 0 Å². The van der Waals surface area contributed by atoms with E-state index in [0.717, 1.165) is 6.54 Å². The van der Waals surface area contributed by atoms with Crippen molar-refractivity contribution in [3.8, 4) is 0 Å². The number of rotatable bonds is 3. The van der Waals surface area contributed by atoms with Crippen LogP contribution in [0.3, 0.4) is 0 Å². The molecule has 94 valence electrons. The second-order valence-electron chi connectivity index (χ2n) is 5.21. The van der Waals surface area contributed by atoms with E-state index in [1.54, 1.807) is 11.1 Å². The standard InChI is InChI=1S/C16H20N2/c17-10-13-8-9-18(11-13)12-15-6-3-5-14-4-1-2-7-16(14)15/h1-2,4,7-9,11,15H,3,5-6,10,12,17H2. The smallest absolute Gasteiger partial charge is 0.0288 e. The third-order valence-electron chi connectivity index (χ3n) is 3.97. The average Bonchev–Trinajstić information content (AvgIpc) is 2.87. The van der Waals surface area contributed by atoms with E-state index >= 15 is 0 Å². The van der Waals surface area contributed by atoms with Crippen LogP contribution in [0.1, 0.15) is 35.4 Å². The number of hydrogen-bond donors (Lipinski definition) is 1. The molecule has 0 saturated heterocycles. The lowest BCUT2D eigenvalue weighted by atomic mass is 9.83. The van der Waals surface area contributed by atoms with E-state index in [2.05, 4.69) is 47.3 Å². The zero-order valence-electron chi connectivity index (χ0n) is 10.7. The van der Waals surface area contributed by atoms with Crippen molar-refractivity contribution in [2.45, 2.75) is 38.3 Å². The zero-order valence-corrected chi connectivity index (χ0v) is 10.7. The van der Waals surface area contributed by atoms with Crippen LogP contribution in [0, 0.1) is 0 Å². The predicted molar refractivity (Wildman–Crippen MR) is 74.4 cm³/mol. The fourth-order valence-corrected chi connectivity index (χ4v) is 3.02. The lowest BCUT2D eigenvalue weighted by molar-refractivity contribution is 0.484. The molecule has 0 fully saturated rings. The summed E-state index contributed by atoms with van der Waals surface area (Å²) in [6.45, 7) is 1.71. The van der Waals surface area contributed by atoms with Gasteiger partial charge in [0.1, 0.15) is 0 Å². The van der Waals surface area contributed by atoms with E-state index in [4.69, 9.17) is 5.73 Å². The minimum absolute atomic E-state index is 0.633. The van der Waals surface area contributed by atoms with Gasteiger partial charge in [-0.05, 0) is 42.0 Å². The summed E-state index contributed by atoms with van der Waals surface area (Å²) in [4.78, 5) is 0. The first-order chi connectivity index (χ1) is 8.86. The molecule has 2 aromatic rings. The summed E-state index contributed by atoms with van der Waals surface area (Å²) in [5.41, 5.74) is 9.97. The van der Waals surface area contributed by atoms with Crippen molar-refractivity contribution >= 4 is 0 Å². The molecule has 0 aliphatic heterocycles. The highest BCUT2D eigenvalue weighted by molar-refractivity contribution is 5.32. The highest BCUT2D eigenvalue weighted by atomic mass is 14.9. The maximum Gasteiger partial charge on any atom is 0.0288 e. The van der Waals surface area contributed by atoms with Gasteiger partial charge in [-0.1, -0.05) is 24.3 Å². The number of aryl methyl sites for hydroxylation is 1. The lowest BCUT2D eigenvalue weighted by Crippen LogP contribution is -2.14. The predicted octanol–water partition coefficient (Wildman–Crippen LogP) is 3.07. The van der Waals surface area contributed by atoms with Gasteiger partial charge in [-0.15, -0.1) is 0 Å². The van der Waals surface area contributed by atoms with Crippen molar-refractivity contribution < 1.29 is 0 Å². The van der Waals surface area contributed by atoms with Crippen molar-refractivity contribution in [2.24, 2.45) is 5.73 Å². The van der Waals surface area contributed by atoms with Crippen LogP contribution in [0.25, 0.3) is 0 Å². The number of benzene rings is 1. The van der Waals surface area contributed by atoms with Crippen molar-refractivity contribution in [1.82, 2.24) is 4.57 Å². The van der Waals surface area contributed by atoms with Crippen molar-refractivity contribution in [3.05, 3.63) is 59.4 Å². The summed E-state index contributed by atoms with van der Waals surface area (Å²) in [6.07, 6.45) is 8.18. The molecule has 2 nitrogen and oxygen atoms in total. The van der Waals surface area contributed by atoms with Crippen LogP contribution < -0.4 is 5.73 Å². The summed E-state index contributed by atoms with van der Waals surface area (Å²) < 4.78 is 2.29. The molecule has 1 aliphatic carbocycles. The molecule has 1 heterocycles. The van der Waals surface area contributed by atoms with Crippen LogP contribution in [0.15, 0.2) is 42.7 Å². The summed E-state index contributed by atoms with van der Waals surface area (Å²) in [6, 6.07) is 11.0. The first-order valence-corrected chi connectivity index (χ1v) is 6.79. The fraction of sp³-hybridized carbons (Fsp3) is 0.375. The van der Waals surface area contributed by atoms with E-state index in [9.17, 15) is 0 Å². The van der Waals surface area contributed by atoms with Crippen molar-refractivity contribution in [1.29, 1.82) is 0 Å². The Morgan fingerprint density at radius 3 is 2.94 bits per heavy atom. The van der Waals surface area contributed by atoms with Gasteiger partial charge in [0.15, 0.2) is 0 Å². The van der Waals surface area contributed by atoms with Gasteiger partial charge in [0, 0.05) is 31.4 Å². The second-order valence-corrected chi connectivity index (χ2v) is 5.21. The Morgan fingerprint density at radius 2 is 2.11 bits per heavy atom. The summed E-state index contributed by atoms with van der Waals surface area (Å²) in [5, 5.41) is 0. The molecule has 0 spiro atoms. The molecule has 18 heavy (non-hydrogen) atoms. The molecular weight excluding hydrogens is 220 g/mol. The summed E-state index contributed by atoms with van der Waals surface area (Å²) in [5.74, 6) is 0.660. The van der Waals surface area contributed by atoms with E-state index in [1.165, 1.54) is 24.8 Å². The van der Waals surface area contributed by atoms with Crippen LogP contribution in [0.2, 0.25) is 0 Å². The Morgan fingerprint density at radius 1 is 1.22 bits per heavy atom. The SMILES string of the molecule is NCc1ccn(CC2CCCc3ccccc32)c1. The van der Waals surface area contributed by atoms with Gasteiger partial charge in [0.2, 0.25) is 0 Å². The van der Waals surface area contributed by atoms with Gasteiger partial charge >= 0.3 is 0 Å². The van der Waals surface area contributed by atoms with Crippen LogP contribution in [0.5, 0.6) is 0 Å². The Labute approximate surface area is 108 Å². The summed E-state index contributed by atoms with van der Waals surface area (Å²) >= 11 is 0.